The van der Waals surface area contributed by atoms with E-state index in [1.807, 2.05) is 13.8 Å². The largest absolute Gasteiger partial charge is 0.353 e. The summed E-state index contributed by atoms with van der Waals surface area (Å²) in [5.41, 5.74) is 0.454. The lowest BCUT2D eigenvalue weighted by Crippen LogP contribution is -2.52. The fraction of sp³-hybridized carbons (Fsp3) is 0.550. The van der Waals surface area contributed by atoms with Crippen molar-refractivity contribution in [3.05, 3.63) is 29.8 Å². The molecule has 1 aliphatic rings. The van der Waals surface area contributed by atoms with Crippen molar-refractivity contribution in [3.63, 3.8) is 0 Å². The van der Waals surface area contributed by atoms with Crippen LogP contribution in [-0.4, -0.2) is 92.5 Å². The minimum atomic E-state index is -3.68. The van der Waals surface area contributed by atoms with Gasteiger partial charge < -0.3 is 10.2 Å². The van der Waals surface area contributed by atoms with Gasteiger partial charge >= 0.3 is 0 Å². The molecule has 0 atom stereocenters. The number of sulfonamides is 1. The predicted octanol–water partition coefficient (Wildman–Crippen LogP) is 0.179. The molecule has 1 heterocycles. The molecule has 10 heteroatoms. The highest BCUT2D eigenvalue weighted by molar-refractivity contribution is 7.89. The molecular formula is C20H30N4O5S. The molecule has 9 nitrogen and oxygen atoms in total. The van der Waals surface area contributed by atoms with Gasteiger partial charge in [0.25, 0.3) is 0 Å². The summed E-state index contributed by atoms with van der Waals surface area (Å²) in [7, 11) is -1.99. The highest BCUT2D eigenvalue weighted by Gasteiger charge is 2.30. The summed E-state index contributed by atoms with van der Waals surface area (Å²) in [6.45, 7) is 6.33. The van der Waals surface area contributed by atoms with E-state index in [0.717, 1.165) is 0 Å². The van der Waals surface area contributed by atoms with Crippen molar-refractivity contribution in [1.29, 1.82) is 0 Å². The van der Waals surface area contributed by atoms with Crippen LogP contribution in [0.15, 0.2) is 29.2 Å². The number of nitrogens with zero attached hydrogens (tertiary/aromatic N) is 3. The van der Waals surface area contributed by atoms with E-state index >= 15 is 0 Å². The van der Waals surface area contributed by atoms with Crippen LogP contribution in [0.1, 0.15) is 31.1 Å². The van der Waals surface area contributed by atoms with Crippen molar-refractivity contribution in [3.8, 4) is 0 Å². The summed E-state index contributed by atoms with van der Waals surface area (Å²) in [6, 6.07) is 5.90. The lowest BCUT2D eigenvalue weighted by atomic mass is 10.2. The van der Waals surface area contributed by atoms with Gasteiger partial charge in [-0.15, -0.1) is 0 Å². The second kappa shape index (κ2) is 10.1. The van der Waals surface area contributed by atoms with Crippen LogP contribution in [0.5, 0.6) is 0 Å². The van der Waals surface area contributed by atoms with Crippen molar-refractivity contribution in [2.24, 2.45) is 0 Å². The van der Waals surface area contributed by atoms with Crippen LogP contribution in [0.4, 0.5) is 0 Å². The van der Waals surface area contributed by atoms with E-state index in [2.05, 4.69) is 5.32 Å². The molecule has 1 aliphatic heterocycles. The molecule has 30 heavy (non-hydrogen) atoms. The van der Waals surface area contributed by atoms with Crippen molar-refractivity contribution < 1.29 is 22.8 Å². The Hall–Kier alpha value is -2.30. The van der Waals surface area contributed by atoms with Crippen LogP contribution in [0.25, 0.3) is 0 Å². The zero-order valence-corrected chi connectivity index (χ0v) is 18.7. The fourth-order valence-electron chi connectivity index (χ4n) is 3.19. The van der Waals surface area contributed by atoms with E-state index in [9.17, 15) is 22.8 Å². The number of carbonyl (C=O) groups is 3. The van der Waals surface area contributed by atoms with Gasteiger partial charge in [-0.25, -0.2) is 8.42 Å². The number of hydrogen-bond acceptors (Lipinski definition) is 6. The van der Waals surface area contributed by atoms with Crippen LogP contribution < -0.4 is 5.32 Å². The molecule has 0 saturated carbocycles. The van der Waals surface area contributed by atoms with E-state index in [0.29, 0.717) is 5.56 Å². The molecule has 0 radical (unpaired) electrons. The van der Waals surface area contributed by atoms with Gasteiger partial charge in [0.15, 0.2) is 5.78 Å². The molecule has 1 fully saturated rings. The molecule has 1 aromatic carbocycles. The second-order valence-corrected chi connectivity index (χ2v) is 9.70. The molecule has 0 spiro atoms. The molecule has 2 rings (SSSR count). The van der Waals surface area contributed by atoms with Gasteiger partial charge in [0, 0.05) is 37.8 Å². The number of hydrogen-bond donors (Lipinski definition) is 1. The first-order valence-corrected chi connectivity index (χ1v) is 11.3. The molecular weight excluding hydrogens is 408 g/mol. The molecule has 1 saturated heterocycles. The van der Waals surface area contributed by atoms with Crippen molar-refractivity contribution in [2.45, 2.75) is 31.7 Å². The van der Waals surface area contributed by atoms with Crippen LogP contribution >= 0.6 is 0 Å². The maximum absolute atomic E-state index is 12.8. The molecule has 1 aromatic rings. The third-order valence-corrected chi connectivity index (χ3v) is 6.67. The Bertz CT molecular complexity index is 875. The number of nitrogens with one attached hydrogen (secondary N) is 1. The zero-order valence-electron chi connectivity index (χ0n) is 17.9. The number of amides is 2. The molecule has 2 amide bonds. The molecule has 0 unspecified atom stereocenters. The monoisotopic (exact) mass is 438 g/mol. The number of rotatable bonds is 8. The first kappa shape index (κ1) is 24.0. The third kappa shape index (κ3) is 6.35. The smallest absolute Gasteiger partial charge is 0.243 e. The Kier molecular flexibility index (Phi) is 8.10. The average Bonchev–Trinajstić information content (AvgIpc) is 2.67. The lowest BCUT2D eigenvalue weighted by Gasteiger charge is -2.34. The SMILES string of the molecule is CC(=O)c1ccc(S(=O)(=O)N2CCN(C(=O)CN(C)CC(=O)NC(C)C)CC2)cc1. The number of carbonyl (C=O) groups excluding carboxylic acids is 3. The summed E-state index contributed by atoms with van der Waals surface area (Å²) < 4.78 is 27.0. The Labute approximate surface area is 178 Å². The zero-order chi connectivity index (χ0) is 22.5. The van der Waals surface area contributed by atoms with Crippen molar-refractivity contribution >= 4 is 27.6 Å². The first-order chi connectivity index (χ1) is 14.0. The Morgan fingerprint density at radius 2 is 1.60 bits per heavy atom. The number of Topliss-reactive ketones (excluding diaryl/α,β-unsaturated/α-hetero) is 1. The minimum absolute atomic E-state index is 0.0373. The summed E-state index contributed by atoms with van der Waals surface area (Å²) in [5.74, 6) is -0.414. The standard InChI is InChI=1S/C20H30N4O5S/c1-15(2)21-19(26)13-22(4)14-20(27)23-9-11-24(12-10-23)30(28,29)18-7-5-17(6-8-18)16(3)25/h5-8,15H,9-14H2,1-4H3,(H,21,26). The summed E-state index contributed by atoms with van der Waals surface area (Å²) in [5, 5.41) is 2.78. The predicted molar refractivity (Wildman–Crippen MR) is 113 cm³/mol. The van der Waals surface area contributed by atoms with Gasteiger partial charge in [-0.1, -0.05) is 12.1 Å². The number of likely N-dealkylation sites (N-methyl/N-ethyl adjacent to an activating group) is 1. The quantitative estimate of drug-likeness (QED) is 0.580. The fourth-order valence-corrected chi connectivity index (χ4v) is 4.61. The Balaban J connectivity index is 1.89. The van der Waals surface area contributed by atoms with E-state index in [4.69, 9.17) is 0 Å². The number of benzene rings is 1. The van der Waals surface area contributed by atoms with Gasteiger partial charge in [0.1, 0.15) is 0 Å². The van der Waals surface area contributed by atoms with Crippen LogP contribution in [0, 0.1) is 0 Å². The van der Waals surface area contributed by atoms with Gasteiger partial charge in [0.2, 0.25) is 21.8 Å². The van der Waals surface area contributed by atoms with Gasteiger partial charge in [-0.05, 0) is 40.0 Å². The minimum Gasteiger partial charge on any atom is -0.353 e. The molecule has 0 aliphatic carbocycles. The Morgan fingerprint density at radius 1 is 1.03 bits per heavy atom. The average molecular weight is 439 g/mol. The van der Waals surface area contributed by atoms with Crippen LogP contribution in [0.3, 0.4) is 0 Å². The maximum atomic E-state index is 12.8. The summed E-state index contributed by atoms with van der Waals surface area (Å²) in [4.78, 5) is 39.0. The number of piperazine rings is 1. The van der Waals surface area contributed by atoms with Crippen LogP contribution in [0.2, 0.25) is 0 Å². The second-order valence-electron chi connectivity index (χ2n) is 7.76. The summed E-state index contributed by atoms with van der Waals surface area (Å²) in [6.07, 6.45) is 0. The van der Waals surface area contributed by atoms with E-state index in [1.165, 1.54) is 35.5 Å². The van der Waals surface area contributed by atoms with Crippen LogP contribution in [-0.2, 0) is 19.6 Å². The topological polar surface area (TPSA) is 107 Å². The van der Waals surface area contributed by atoms with Crippen molar-refractivity contribution in [1.82, 2.24) is 19.4 Å². The third-order valence-electron chi connectivity index (χ3n) is 4.76. The molecule has 1 N–H and O–H groups in total. The maximum Gasteiger partial charge on any atom is 0.243 e. The normalized spacial score (nSPS) is 15.5. The molecule has 166 valence electrons. The first-order valence-electron chi connectivity index (χ1n) is 9.87. The van der Waals surface area contributed by atoms with E-state index in [1.54, 1.807) is 16.8 Å². The highest BCUT2D eigenvalue weighted by Crippen LogP contribution is 2.18. The van der Waals surface area contributed by atoms with Gasteiger partial charge in [0.05, 0.1) is 18.0 Å². The molecule has 0 bridgehead atoms. The highest BCUT2D eigenvalue weighted by atomic mass is 32.2. The Morgan fingerprint density at radius 3 is 2.10 bits per heavy atom. The lowest BCUT2D eigenvalue weighted by molar-refractivity contribution is -0.133. The van der Waals surface area contributed by atoms with Gasteiger partial charge in [-0.2, -0.15) is 4.31 Å². The summed E-state index contributed by atoms with van der Waals surface area (Å²) >= 11 is 0. The van der Waals surface area contributed by atoms with Crippen molar-refractivity contribution in [2.75, 3.05) is 46.3 Å². The van der Waals surface area contributed by atoms with E-state index in [-0.39, 0.29) is 67.8 Å². The van der Waals surface area contributed by atoms with E-state index < -0.39 is 10.0 Å². The number of ketones is 1. The molecule has 0 aromatic heterocycles. The van der Waals surface area contributed by atoms with Gasteiger partial charge in [-0.3, -0.25) is 19.3 Å².